The quantitative estimate of drug-likeness (QED) is 0.355. The van der Waals surface area contributed by atoms with Crippen molar-refractivity contribution in [2.75, 3.05) is 7.11 Å². The Morgan fingerprint density at radius 3 is 2.33 bits per heavy atom. The molecule has 5 nitrogen and oxygen atoms in total. The van der Waals surface area contributed by atoms with E-state index in [2.05, 4.69) is 0 Å². The second-order valence-corrected chi connectivity index (χ2v) is 7.41. The van der Waals surface area contributed by atoms with Crippen LogP contribution < -0.4 is 5.30 Å². The fourth-order valence-electron chi connectivity index (χ4n) is 2.62. The predicted molar refractivity (Wildman–Crippen MR) is 96.0 cm³/mol. The first-order valence-electron chi connectivity index (χ1n) is 7.75. The molecule has 0 amide bonds. The van der Waals surface area contributed by atoms with Crippen LogP contribution in [0.15, 0.2) is 30.3 Å². The SMILES string of the molecule is CCc1cc([N+](=O)[O-])c([P+](=O)OC)cc1Cc1ccc(C(F)(F)F)cc1Cl. The molecule has 0 aromatic heterocycles. The van der Waals surface area contributed by atoms with Crippen molar-refractivity contribution in [2.45, 2.75) is 25.9 Å². The zero-order valence-corrected chi connectivity index (χ0v) is 16.0. The summed E-state index contributed by atoms with van der Waals surface area (Å²) in [7, 11) is -1.27. The summed E-state index contributed by atoms with van der Waals surface area (Å²) in [6.07, 6.45) is -3.93. The van der Waals surface area contributed by atoms with Crippen molar-refractivity contribution in [3.63, 3.8) is 0 Å². The van der Waals surface area contributed by atoms with E-state index in [9.17, 15) is 27.9 Å². The van der Waals surface area contributed by atoms with Gasteiger partial charge in [-0.05, 0) is 46.2 Å². The Balaban J connectivity index is 2.52. The number of halogens is 4. The number of aryl methyl sites for hydroxylation is 1. The third-order valence-corrected chi connectivity index (χ3v) is 5.43. The van der Waals surface area contributed by atoms with Crippen LogP contribution in [0.4, 0.5) is 18.9 Å². The first kappa shape index (κ1) is 21.3. The van der Waals surface area contributed by atoms with Gasteiger partial charge in [0.1, 0.15) is 0 Å². The van der Waals surface area contributed by atoms with E-state index in [4.69, 9.17) is 16.1 Å². The zero-order valence-electron chi connectivity index (χ0n) is 14.3. The molecule has 2 rings (SSSR count). The van der Waals surface area contributed by atoms with Gasteiger partial charge in [-0.3, -0.25) is 10.1 Å². The molecule has 0 fully saturated rings. The number of alkyl halides is 3. The molecule has 0 aliphatic heterocycles. The van der Waals surface area contributed by atoms with Gasteiger partial charge in [0.2, 0.25) is 0 Å². The summed E-state index contributed by atoms with van der Waals surface area (Å²) in [5.41, 5.74) is 0.434. The maximum absolute atomic E-state index is 12.8. The second-order valence-electron chi connectivity index (χ2n) is 5.64. The molecule has 1 unspecified atom stereocenters. The normalized spacial score (nSPS) is 12.1. The highest BCUT2D eigenvalue weighted by molar-refractivity contribution is 7.48. The molecule has 0 radical (unpaired) electrons. The first-order valence-corrected chi connectivity index (χ1v) is 9.31. The van der Waals surface area contributed by atoms with Crippen molar-refractivity contribution in [1.29, 1.82) is 0 Å². The molecule has 0 N–H and O–H groups in total. The van der Waals surface area contributed by atoms with Gasteiger partial charge in [0.15, 0.2) is 0 Å². The minimum Gasteiger partial charge on any atom is -0.258 e. The lowest BCUT2D eigenvalue weighted by Gasteiger charge is -2.12. The monoisotopic (exact) mass is 420 g/mol. The average molecular weight is 421 g/mol. The minimum atomic E-state index is -4.51. The van der Waals surface area contributed by atoms with Crippen molar-refractivity contribution < 1.29 is 27.2 Å². The lowest BCUT2D eigenvalue weighted by molar-refractivity contribution is -0.383. The maximum Gasteiger partial charge on any atom is 0.555 e. The van der Waals surface area contributed by atoms with Crippen LogP contribution >= 0.6 is 19.6 Å². The van der Waals surface area contributed by atoms with Gasteiger partial charge in [-0.1, -0.05) is 24.6 Å². The number of nitrogens with zero attached hydrogens (tertiary/aromatic N) is 1. The highest BCUT2D eigenvalue weighted by atomic mass is 35.5. The Morgan fingerprint density at radius 1 is 1.19 bits per heavy atom. The molecular formula is C17H15ClF3NO4P+. The summed E-state index contributed by atoms with van der Waals surface area (Å²) in [5, 5.41) is 11.1. The lowest BCUT2D eigenvalue weighted by atomic mass is 9.97. The van der Waals surface area contributed by atoms with Crippen molar-refractivity contribution >= 4 is 30.6 Å². The van der Waals surface area contributed by atoms with Crippen LogP contribution in [0.1, 0.15) is 29.2 Å². The van der Waals surface area contributed by atoms with Crippen LogP contribution in [0.5, 0.6) is 0 Å². The molecule has 1 atom stereocenters. The molecule has 0 aliphatic rings. The van der Waals surface area contributed by atoms with Crippen LogP contribution in [0, 0.1) is 10.1 Å². The van der Waals surface area contributed by atoms with E-state index >= 15 is 0 Å². The number of hydrogen-bond donors (Lipinski definition) is 0. The van der Waals surface area contributed by atoms with Gasteiger partial charge in [0.25, 0.3) is 0 Å². The average Bonchev–Trinajstić information content (AvgIpc) is 2.61. The molecular weight excluding hydrogens is 406 g/mol. The van der Waals surface area contributed by atoms with E-state index < -0.39 is 24.7 Å². The third-order valence-electron chi connectivity index (χ3n) is 4.00. The molecule has 2 aromatic rings. The zero-order chi connectivity index (χ0) is 20.4. The van der Waals surface area contributed by atoms with E-state index in [1.807, 2.05) is 0 Å². The standard InChI is InChI=1S/C17H15ClF3NO4P/c1-3-10-7-15(22(23)24)16(27(25)26-2)8-12(10)6-11-4-5-13(9-14(11)18)17(19,20)21/h4-5,7-9H,3,6H2,1-2H3/q+1. The first-order chi connectivity index (χ1) is 12.6. The van der Waals surface area contributed by atoms with E-state index in [0.717, 1.165) is 12.1 Å². The Bertz CT molecular complexity index is 902. The van der Waals surface area contributed by atoms with Gasteiger partial charge in [-0.25, -0.2) is 0 Å². The van der Waals surface area contributed by atoms with Crippen LogP contribution in [-0.2, 0) is 28.1 Å². The number of benzene rings is 2. The summed E-state index contributed by atoms with van der Waals surface area (Å²) >= 11 is 6.00. The Labute approximate surface area is 159 Å². The van der Waals surface area contributed by atoms with Gasteiger partial charge >= 0.3 is 25.2 Å². The molecule has 0 heterocycles. The third kappa shape index (κ3) is 4.83. The number of hydrogen-bond acceptors (Lipinski definition) is 4. The van der Waals surface area contributed by atoms with Crippen molar-refractivity contribution in [2.24, 2.45) is 0 Å². The number of rotatable bonds is 6. The fraction of sp³-hybridized carbons (Fsp3) is 0.294. The minimum absolute atomic E-state index is 0.0667. The molecule has 0 saturated heterocycles. The van der Waals surface area contributed by atoms with E-state index in [-0.39, 0.29) is 22.4 Å². The topological polar surface area (TPSA) is 69.4 Å². The van der Waals surface area contributed by atoms with Gasteiger partial charge < -0.3 is 0 Å². The van der Waals surface area contributed by atoms with Gasteiger partial charge in [0.05, 0.1) is 17.6 Å². The van der Waals surface area contributed by atoms with Crippen molar-refractivity contribution in [1.82, 2.24) is 0 Å². The van der Waals surface area contributed by atoms with E-state index in [1.165, 1.54) is 25.3 Å². The summed E-state index contributed by atoms with van der Waals surface area (Å²) in [6.45, 7) is 1.78. The van der Waals surface area contributed by atoms with Crippen LogP contribution in [0.25, 0.3) is 0 Å². The lowest BCUT2D eigenvalue weighted by Crippen LogP contribution is -2.11. The maximum atomic E-state index is 12.8. The van der Waals surface area contributed by atoms with E-state index in [0.29, 0.717) is 23.1 Å². The molecule has 2 aromatic carbocycles. The Kier molecular flexibility index (Phi) is 6.57. The van der Waals surface area contributed by atoms with Gasteiger partial charge in [0, 0.05) is 17.2 Å². The molecule has 0 aliphatic carbocycles. The molecule has 0 bridgehead atoms. The summed E-state index contributed by atoms with van der Waals surface area (Å²) in [4.78, 5) is 10.6. The Morgan fingerprint density at radius 2 is 1.85 bits per heavy atom. The molecule has 144 valence electrons. The molecule has 0 spiro atoms. The summed E-state index contributed by atoms with van der Waals surface area (Å²) in [5.74, 6) is 0. The fourth-order valence-corrected chi connectivity index (χ4v) is 3.66. The number of nitro groups is 1. The van der Waals surface area contributed by atoms with Crippen LogP contribution in [0.2, 0.25) is 5.02 Å². The van der Waals surface area contributed by atoms with Crippen molar-refractivity contribution in [3.8, 4) is 0 Å². The molecule has 0 saturated carbocycles. The van der Waals surface area contributed by atoms with E-state index in [1.54, 1.807) is 6.92 Å². The highest BCUT2D eigenvalue weighted by Crippen LogP contribution is 2.34. The smallest absolute Gasteiger partial charge is 0.258 e. The highest BCUT2D eigenvalue weighted by Gasteiger charge is 2.34. The number of nitro benzene ring substituents is 1. The van der Waals surface area contributed by atoms with Gasteiger partial charge in [-0.15, -0.1) is 4.52 Å². The van der Waals surface area contributed by atoms with Gasteiger partial charge in [-0.2, -0.15) is 13.2 Å². The van der Waals surface area contributed by atoms with Crippen molar-refractivity contribution in [3.05, 3.63) is 67.7 Å². The molecule has 10 heteroatoms. The Hall–Kier alpha value is -2.02. The van der Waals surface area contributed by atoms with Crippen LogP contribution in [0.3, 0.4) is 0 Å². The predicted octanol–water partition coefficient (Wildman–Crippen LogP) is 5.43. The second kappa shape index (κ2) is 8.33. The van der Waals surface area contributed by atoms with Crippen LogP contribution in [-0.4, -0.2) is 12.0 Å². The summed E-state index contributed by atoms with van der Waals surface area (Å²) in [6, 6.07) is 5.74. The summed E-state index contributed by atoms with van der Waals surface area (Å²) < 4.78 is 55.1. The largest absolute Gasteiger partial charge is 0.555 e. The molecule has 27 heavy (non-hydrogen) atoms.